The van der Waals surface area contributed by atoms with Gasteiger partial charge in [0.15, 0.2) is 5.11 Å². The lowest BCUT2D eigenvalue weighted by atomic mass is 9.96. The van der Waals surface area contributed by atoms with Crippen LogP contribution in [0.3, 0.4) is 0 Å². The van der Waals surface area contributed by atoms with E-state index in [0.29, 0.717) is 10.8 Å². The van der Waals surface area contributed by atoms with Crippen molar-refractivity contribution in [3.05, 3.63) is 107 Å². The van der Waals surface area contributed by atoms with Crippen LogP contribution in [0.5, 0.6) is 0 Å². The van der Waals surface area contributed by atoms with E-state index < -0.39 is 5.97 Å². The number of methoxy groups -OCH3 is 1. The Hall–Kier alpha value is -4.54. The summed E-state index contributed by atoms with van der Waals surface area (Å²) in [5, 5.41) is 16.2. The first-order valence-electron chi connectivity index (χ1n) is 12.7. The number of aromatic carboxylic acids is 1. The molecule has 0 bridgehead atoms. The molecule has 9 nitrogen and oxygen atoms in total. The molecule has 0 radical (unpaired) electrons. The zero-order chi connectivity index (χ0) is 28.4. The minimum atomic E-state index is -0.961. The number of hydrogen-bond acceptors (Lipinski definition) is 5. The molecule has 1 saturated heterocycles. The number of rotatable bonds is 8. The molecule has 3 heterocycles. The Morgan fingerprint density at radius 1 is 1.05 bits per heavy atom. The Kier molecular flexibility index (Phi) is 7.63. The molecule has 2 aromatic heterocycles. The van der Waals surface area contributed by atoms with Gasteiger partial charge in [-0.2, -0.15) is 0 Å². The quantitative estimate of drug-likeness (QED) is 0.262. The van der Waals surface area contributed by atoms with Crippen LogP contribution in [0.4, 0.5) is 11.4 Å². The number of carboxylic acids is 1. The van der Waals surface area contributed by atoms with Crippen LogP contribution < -0.4 is 15.5 Å². The van der Waals surface area contributed by atoms with Crippen LogP contribution in [0, 0.1) is 13.8 Å². The van der Waals surface area contributed by atoms with Gasteiger partial charge in [0.2, 0.25) is 5.91 Å². The fourth-order valence-electron chi connectivity index (χ4n) is 5.22. The summed E-state index contributed by atoms with van der Waals surface area (Å²) in [4.78, 5) is 30.1. The average molecular weight is 556 g/mol. The van der Waals surface area contributed by atoms with Gasteiger partial charge in [-0.3, -0.25) is 9.78 Å². The van der Waals surface area contributed by atoms with E-state index in [1.807, 2.05) is 61.5 Å². The van der Waals surface area contributed by atoms with Crippen molar-refractivity contribution in [1.82, 2.24) is 14.9 Å². The van der Waals surface area contributed by atoms with Crippen molar-refractivity contribution in [3.8, 4) is 5.69 Å². The molecule has 2 aromatic carbocycles. The van der Waals surface area contributed by atoms with Crippen LogP contribution in [0.1, 0.15) is 45.1 Å². The van der Waals surface area contributed by atoms with E-state index in [2.05, 4.69) is 38.1 Å². The van der Waals surface area contributed by atoms with Gasteiger partial charge in [0.25, 0.3) is 0 Å². The smallest absolute Gasteiger partial charge is 0.335 e. The van der Waals surface area contributed by atoms with Crippen molar-refractivity contribution in [1.29, 1.82) is 0 Å². The summed E-state index contributed by atoms with van der Waals surface area (Å²) in [6.07, 6.45) is 1.77. The lowest BCUT2D eigenvalue weighted by molar-refractivity contribution is -0.119. The Labute approximate surface area is 237 Å². The first-order valence-corrected chi connectivity index (χ1v) is 13.1. The second-order valence-corrected chi connectivity index (χ2v) is 9.93. The van der Waals surface area contributed by atoms with E-state index in [4.69, 9.17) is 17.0 Å². The molecule has 0 spiro atoms. The number of amides is 1. The number of carbonyl (C=O) groups excluding carboxylic acids is 1. The highest BCUT2D eigenvalue weighted by Gasteiger charge is 2.42. The monoisotopic (exact) mass is 555 g/mol. The average Bonchev–Trinajstić information content (AvgIpc) is 3.44. The van der Waals surface area contributed by atoms with Gasteiger partial charge in [0.1, 0.15) is 6.61 Å². The van der Waals surface area contributed by atoms with E-state index in [1.54, 1.807) is 18.3 Å². The lowest BCUT2D eigenvalue weighted by Gasteiger charge is -2.28. The predicted molar refractivity (Wildman–Crippen MR) is 157 cm³/mol. The van der Waals surface area contributed by atoms with Crippen molar-refractivity contribution >= 4 is 40.6 Å². The van der Waals surface area contributed by atoms with Gasteiger partial charge < -0.3 is 29.9 Å². The molecule has 40 heavy (non-hydrogen) atoms. The normalized spacial score (nSPS) is 16.6. The van der Waals surface area contributed by atoms with Crippen LogP contribution in [-0.4, -0.2) is 45.4 Å². The number of hydrogen-bond donors (Lipinski definition) is 3. The second kappa shape index (κ2) is 11.3. The van der Waals surface area contributed by atoms with Crippen LogP contribution in [0.15, 0.2) is 79.0 Å². The number of benzene rings is 2. The molecule has 4 aromatic rings. The topological polar surface area (TPSA) is 109 Å². The maximum atomic E-state index is 12.0. The summed E-state index contributed by atoms with van der Waals surface area (Å²) >= 11 is 5.87. The summed E-state index contributed by atoms with van der Waals surface area (Å²) in [6.45, 7) is 4.06. The van der Waals surface area contributed by atoms with Crippen molar-refractivity contribution in [2.45, 2.75) is 25.9 Å². The zero-order valence-corrected chi connectivity index (χ0v) is 23.1. The second-order valence-electron chi connectivity index (χ2n) is 9.54. The largest absolute Gasteiger partial charge is 0.478 e. The van der Waals surface area contributed by atoms with E-state index in [1.165, 1.54) is 7.11 Å². The molecule has 5 rings (SSSR count). The fraction of sp³-hybridized carbons (Fsp3) is 0.200. The van der Waals surface area contributed by atoms with Crippen molar-refractivity contribution in [2.75, 3.05) is 23.9 Å². The lowest BCUT2D eigenvalue weighted by Crippen LogP contribution is -2.29. The highest BCUT2D eigenvalue weighted by molar-refractivity contribution is 7.80. The Morgan fingerprint density at radius 3 is 2.38 bits per heavy atom. The molecule has 0 unspecified atom stereocenters. The predicted octanol–water partition coefficient (Wildman–Crippen LogP) is 4.95. The van der Waals surface area contributed by atoms with Gasteiger partial charge >= 0.3 is 5.97 Å². The maximum Gasteiger partial charge on any atom is 0.335 e. The van der Waals surface area contributed by atoms with Crippen LogP contribution in [0.25, 0.3) is 5.69 Å². The fourth-order valence-corrected chi connectivity index (χ4v) is 5.57. The number of aryl methyl sites for hydroxylation is 1. The molecule has 1 amide bonds. The number of anilines is 2. The van der Waals surface area contributed by atoms with Gasteiger partial charge in [-0.1, -0.05) is 6.07 Å². The van der Waals surface area contributed by atoms with Crippen LogP contribution in [-0.2, 0) is 9.53 Å². The number of carboxylic acid groups (broad SMARTS) is 1. The summed E-state index contributed by atoms with van der Waals surface area (Å²) in [5.74, 6) is -1.19. The number of thiocarbonyl (C=S) groups is 1. The third kappa shape index (κ3) is 5.18. The van der Waals surface area contributed by atoms with Crippen molar-refractivity contribution < 1.29 is 19.4 Å². The minimum Gasteiger partial charge on any atom is -0.478 e. The van der Waals surface area contributed by atoms with Crippen LogP contribution in [0.2, 0.25) is 0 Å². The summed E-state index contributed by atoms with van der Waals surface area (Å²) < 4.78 is 7.02. The molecular formula is C30H29N5O4S. The molecule has 3 N–H and O–H groups in total. The van der Waals surface area contributed by atoms with E-state index in [-0.39, 0.29) is 30.2 Å². The number of carbonyl (C=O) groups is 2. The highest BCUT2D eigenvalue weighted by atomic mass is 32.1. The van der Waals surface area contributed by atoms with Gasteiger partial charge in [0.05, 0.1) is 23.3 Å². The highest BCUT2D eigenvalue weighted by Crippen LogP contribution is 2.44. The van der Waals surface area contributed by atoms with Gasteiger partial charge in [0, 0.05) is 41.8 Å². The molecule has 0 saturated carbocycles. The molecule has 1 aliphatic heterocycles. The molecule has 1 fully saturated rings. The van der Waals surface area contributed by atoms with E-state index in [9.17, 15) is 14.7 Å². The first kappa shape index (κ1) is 27.0. The summed E-state index contributed by atoms with van der Waals surface area (Å²) in [6, 6.07) is 21.9. The minimum absolute atomic E-state index is 0.0234. The number of nitrogens with one attached hydrogen (secondary N) is 2. The van der Waals surface area contributed by atoms with Gasteiger partial charge in [-0.05, 0) is 98.4 Å². The number of nitrogens with zero attached hydrogens (tertiary/aromatic N) is 3. The Bertz CT molecular complexity index is 1550. The van der Waals surface area contributed by atoms with Crippen LogP contribution >= 0.6 is 12.2 Å². The van der Waals surface area contributed by atoms with Crippen molar-refractivity contribution in [3.63, 3.8) is 0 Å². The molecule has 0 aliphatic carbocycles. The number of ether oxygens (including phenoxy) is 1. The summed E-state index contributed by atoms with van der Waals surface area (Å²) in [5.41, 5.74) is 6.55. The zero-order valence-electron chi connectivity index (χ0n) is 22.3. The Morgan fingerprint density at radius 2 is 1.75 bits per heavy atom. The van der Waals surface area contributed by atoms with Gasteiger partial charge in [-0.15, -0.1) is 0 Å². The molecule has 204 valence electrons. The molecule has 1 aliphatic rings. The molecule has 10 heteroatoms. The van der Waals surface area contributed by atoms with Gasteiger partial charge in [-0.25, -0.2) is 4.79 Å². The standard InChI is InChI=1S/C30H29N5O4S/c1-18-16-24(19(2)34(18)22-11-7-20(8-12-22)29(37)38)28-27(25-6-4-5-15-31-25)33-30(40)35(28)23-13-9-21(10-14-23)32-26(36)17-39-3/h4-16,27-28H,17H2,1-3H3,(H,32,36)(H,33,40)(H,37,38)/t27-,28+/m1/s1. The van der Waals surface area contributed by atoms with Crippen molar-refractivity contribution in [2.24, 2.45) is 0 Å². The molecular weight excluding hydrogens is 526 g/mol. The maximum absolute atomic E-state index is 12.0. The Balaban J connectivity index is 1.57. The third-order valence-electron chi connectivity index (χ3n) is 6.96. The first-order chi connectivity index (χ1) is 19.3. The number of pyridine rings is 1. The third-order valence-corrected chi connectivity index (χ3v) is 7.28. The number of aromatic nitrogens is 2. The molecule has 2 atom stereocenters. The van der Waals surface area contributed by atoms with E-state index >= 15 is 0 Å². The SMILES string of the molecule is COCC(=O)Nc1ccc(N2C(=S)N[C@H](c3ccccn3)[C@@H]2c2cc(C)n(-c3ccc(C(=O)O)cc3)c2C)cc1. The van der Waals surface area contributed by atoms with E-state index in [0.717, 1.165) is 34.0 Å². The summed E-state index contributed by atoms with van der Waals surface area (Å²) in [7, 11) is 1.48.